The molecule has 0 aliphatic rings. The number of aliphatic hydroxyl groups excluding tert-OH is 1. The zero-order valence-electron chi connectivity index (χ0n) is 9.94. The average Bonchev–Trinajstić information content (AvgIpc) is 2.79. The molecular weight excluding hydrogens is 318 g/mol. The zero-order valence-corrected chi connectivity index (χ0v) is 12.3. The van der Waals surface area contributed by atoms with Crippen molar-refractivity contribution in [3.63, 3.8) is 0 Å². The highest BCUT2D eigenvalue weighted by Gasteiger charge is 2.14. The molecule has 0 radical (unpaired) electrons. The van der Waals surface area contributed by atoms with E-state index in [4.69, 9.17) is 14.6 Å². The standard InChI is InChI=1S/C12H12BrNO3S/c1-16-7-3-4-8(10(5-7)17-2)12-14-9(6-15)11(13)18-12/h3-5,15H,6H2,1-2H3. The van der Waals surface area contributed by atoms with Crippen LogP contribution in [0.15, 0.2) is 22.0 Å². The summed E-state index contributed by atoms with van der Waals surface area (Å²) >= 11 is 4.84. The number of thiazole rings is 1. The molecule has 1 heterocycles. The topological polar surface area (TPSA) is 51.6 Å². The second-order valence-electron chi connectivity index (χ2n) is 3.46. The van der Waals surface area contributed by atoms with Gasteiger partial charge in [-0.25, -0.2) is 4.98 Å². The van der Waals surface area contributed by atoms with Gasteiger partial charge in [-0.05, 0) is 28.1 Å². The number of halogens is 1. The predicted molar refractivity (Wildman–Crippen MR) is 74.3 cm³/mol. The van der Waals surface area contributed by atoms with E-state index in [0.717, 1.165) is 20.1 Å². The zero-order chi connectivity index (χ0) is 13.1. The molecule has 0 saturated carbocycles. The molecule has 96 valence electrons. The van der Waals surface area contributed by atoms with Crippen LogP contribution in [0.2, 0.25) is 0 Å². The summed E-state index contributed by atoms with van der Waals surface area (Å²) in [5, 5.41) is 9.95. The minimum Gasteiger partial charge on any atom is -0.497 e. The number of aliphatic hydroxyl groups is 1. The van der Waals surface area contributed by atoms with Crippen LogP contribution in [0.3, 0.4) is 0 Å². The number of aromatic nitrogens is 1. The van der Waals surface area contributed by atoms with E-state index in [1.807, 2.05) is 18.2 Å². The first-order valence-corrected chi connectivity index (χ1v) is 6.79. The summed E-state index contributed by atoms with van der Waals surface area (Å²) in [6.45, 7) is -0.0877. The lowest BCUT2D eigenvalue weighted by Crippen LogP contribution is -1.90. The second-order valence-corrected chi connectivity index (χ2v) is 5.78. The molecule has 0 bridgehead atoms. The first-order valence-electron chi connectivity index (χ1n) is 5.18. The number of hydrogen-bond donors (Lipinski definition) is 1. The molecule has 0 saturated heterocycles. The maximum absolute atomic E-state index is 9.15. The Balaban J connectivity index is 2.48. The first kappa shape index (κ1) is 13.3. The Morgan fingerprint density at radius 1 is 1.33 bits per heavy atom. The second kappa shape index (κ2) is 5.69. The number of methoxy groups -OCH3 is 2. The van der Waals surface area contributed by atoms with Gasteiger partial charge in [0.1, 0.15) is 16.5 Å². The van der Waals surface area contributed by atoms with E-state index in [-0.39, 0.29) is 6.61 Å². The lowest BCUT2D eigenvalue weighted by atomic mass is 10.2. The van der Waals surface area contributed by atoms with Crippen LogP contribution in [0.25, 0.3) is 10.6 Å². The van der Waals surface area contributed by atoms with Gasteiger partial charge < -0.3 is 14.6 Å². The van der Waals surface area contributed by atoms with Crippen molar-refractivity contribution in [1.82, 2.24) is 4.98 Å². The van der Waals surface area contributed by atoms with Crippen molar-refractivity contribution in [1.29, 1.82) is 0 Å². The molecule has 1 aromatic heterocycles. The minimum absolute atomic E-state index is 0.0877. The molecule has 0 atom stereocenters. The van der Waals surface area contributed by atoms with Crippen molar-refractivity contribution in [2.75, 3.05) is 14.2 Å². The number of rotatable bonds is 4. The van der Waals surface area contributed by atoms with Crippen LogP contribution in [0.4, 0.5) is 0 Å². The van der Waals surface area contributed by atoms with Gasteiger partial charge in [0.05, 0.1) is 35.9 Å². The third-order valence-corrected chi connectivity index (χ3v) is 4.30. The van der Waals surface area contributed by atoms with Crippen LogP contribution in [-0.2, 0) is 6.61 Å². The predicted octanol–water partition coefficient (Wildman–Crippen LogP) is 3.08. The van der Waals surface area contributed by atoms with Crippen molar-refractivity contribution in [2.45, 2.75) is 6.61 Å². The highest BCUT2D eigenvalue weighted by molar-refractivity contribution is 9.11. The lowest BCUT2D eigenvalue weighted by Gasteiger charge is -2.08. The largest absolute Gasteiger partial charge is 0.497 e. The fourth-order valence-corrected chi connectivity index (χ4v) is 3.03. The molecule has 0 fully saturated rings. The molecule has 0 aliphatic heterocycles. The lowest BCUT2D eigenvalue weighted by molar-refractivity contribution is 0.277. The van der Waals surface area contributed by atoms with Gasteiger partial charge in [0.25, 0.3) is 0 Å². The monoisotopic (exact) mass is 329 g/mol. The molecule has 6 heteroatoms. The van der Waals surface area contributed by atoms with Crippen molar-refractivity contribution < 1.29 is 14.6 Å². The van der Waals surface area contributed by atoms with E-state index >= 15 is 0 Å². The Labute approximate surface area is 117 Å². The summed E-state index contributed by atoms with van der Waals surface area (Å²) in [5.74, 6) is 1.42. The fraction of sp³-hybridized carbons (Fsp3) is 0.250. The molecule has 1 N–H and O–H groups in total. The van der Waals surface area contributed by atoms with Crippen LogP contribution in [0.5, 0.6) is 11.5 Å². The van der Waals surface area contributed by atoms with Crippen LogP contribution < -0.4 is 9.47 Å². The molecule has 18 heavy (non-hydrogen) atoms. The number of benzene rings is 1. The molecule has 2 aromatic rings. The Kier molecular flexibility index (Phi) is 4.21. The number of nitrogens with zero attached hydrogens (tertiary/aromatic N) is 1. The third-order valence-electron chi connectivity index (χ3n) is 2.44. The quantitative estimate of drug-likeness (QED) is 0.936. The van der Waals surface area contributed by atoms with Crippen molar-refractivity contribution in [3.05, 3.63) is 27.7 Å². The molecule has 2 rings (SSSR count). The minimum atomic E-state index is -0.0877. The van der Waals surface area contributed by atoms with E-state index < -0.39 is 0 Å². The molecule has 4 nitrogen and oxygen atoms in total. The van der Waals surface area contributed by atoms with Gasteiger partial charge in [-0.2, -0.15) is 0 Å². The first-order chi connectivity index (χ1) is 8.69. The van der Waals surface area contributed by atoms with E-state index in [1.54, 1.807) is 14.2 Å². The van der Waals surface area contributed by atoms with Crippen LogP contribution in [0.1, 0.15) is 5.69 Å². The van der Waals surface area contributed by atoms with Gasteiger partial charge in [0.15, 0.2) is 0 Å². The highest BCUT2D eigenvalue weighted by atomic mass is 79.9. The van der Waals surface area contributed by atoms with E-state index in [1.165, 1.54) is 11.3 Å². The molecular formula is C12H12BrNO3S. The van der Waals surface area contributed by atoms with Crippen LogP contribution in [-0.4, -0.2) is 24.3 Å². The summed E-state index contributed by atoms with van der Waals surface area (Å²) in [4.78, 5) is 4.36. The van der Waals surface area contributed by atoms with E-state index in [2.05, 4.69) is 20.9 Å². The van der Waals surface area contributed by atoms with Gasteiger partial charge >= 0.3 is 0 Å². The Morgan fingerprint density at radius 3 is 2.67 bits per heavy atom. The highest BCUT2D eigenvalue weighted by Crippen LogP contribution is 2.38. The van der Waals surface area contributed by atoms with Gasteiger partial charge in [-0.1, -0.05) is 0 Å². The Hall–Kier alpha value is -1.11. The summed E-state index contributed by atoms with van der Waals surface area (Å²) in [6.07, 6.45) is 0. The SMILES string of the molecule is COc1ccc(-c2nc(CO)c(Br)s2)c(OC)c1. The maximum atomic E-state index is 9.15. The van der Waals surface area contributed by atoms with Crippen molar-refractivity contribution >= 4 is 27.3 Å². The van der Waals surface area contributed by atoms with Crippen molar-refractivity contribution in [3.8, 4) is 22.1 Å². The van der Waals surface area contributed by atoms with Gasteiger partial charge in [0.2, 0.25) is 0 Å². The smallest absolute Gasteiger partial charge is 0.132 e. The summed E-state index contributed by atoms with van der Waals surface area (Å²) in [5.41, 5.74) is 1.51. The fourth-order valence-electron chi connectivity index (χ4n) is 1.52. The van der Waals surface area contributed by atoms with Gasteiger partial charge in [0, 0.05) is 6.07 Å². The van der Waals surface area contributed by atoms with Gasteiger partial charge in [-0.3, -0.25) is 0 Å². The molecule has 1 aromatic carbocycles. The van der Waals surface area contributed by atoms with E-state index in [9.17, 15) is 0 Å². The summed E-state index contributed by atoms with van der Waals surface area (Å²) in [7, 11) is 3.21. The molecule has 0 unspecified atom stereocenters. The van der Waals surface area contributed by atoms with Crippen molar-refractivity contribution in [2.24, 2.45) is 0 Å². The Morgan fingerprint density at radius 2 is 2.11 bits per heavy atom. The van der Waals surface area contributed by atoms with Gasteiger partial charge in [-0.15, -0.1) is 11.3 Å². The number of hydrogen-bond acceptors (Lipinski definition) is 5. The Bertz CT molecular complexity index is 556. The molecule has 0 aliphatic carbocycles. The van der Waals surface area contributed by atoms with E-state index in [0.29, 0.717) is 11.4 Å². The third kappa shape index (κ3) is 2.50. The van der Waals surface area contributed by atoms with Crippen LogP contribution in [0, 0.1) is 0 Å². The molecule has 0 spiro atoms. The average molecular weight is 330 g/mol. The summed E-state index contributed by atoms with van der Waals surface area (Å²) < 4.78 is 11.3. The van der Waals surface area contributed by atoms with Crippen LogP contribution >= 0.6 is 27.3 Å². The normalized spacial score (nSPS) is 10.4. The summed E-state index contributed by atoms with van der Waals surface area (Å²) in [6, 6.07) is 5.55. The molecule has 0 amide bonds. The maximum Gasteiger partial charge on any atom is 0.132 e. The number of ether oxygens (including phenoxy) is 2.